The van der Waals surface area contributed by atoms with E-state index in [1.807, 2.05) is 71.0 Å². The van der Waals surface area contributed by atoms with Crippen LogP contribution in [0.2, 0.25) is 0 Å². The summed E-state index contributed by atoms with van der Waals surface area (Å²) in [4.78, 5) is 34.1. The van der Waals surface area contributed by atoms with Crippen molar-refractivity contribution < 1.29 is 9.59 Å². The highest BCUT2D eigenvalue weighted by Gasteiger charge is 2.23. The van der Waals surface area contributed by atoms with Crippen molar-refractivity contribution in [2.45, 2.75) is 34.6 Å². The lowest BCUT2D eigenvalue weighted by Gasteiger charge is -2.16. The van der Waals surface area contributed by atoms with Gasteiger partial charge in [-0.25, -0.2) is 9.97 Å². The number of nitrogens with zero attached hydrogens (tertiary/aromatic N) is 2. The Labute approximate surface area is 174 Å². The summed E-state index contributed by atoms with van der Waals surface area (Å²) in [7, 11) is 0. The molecule has 0 aliphatic carbocycles. The normalized spacial score (nSPS) is 11.2. The molecule has 3 aromatic rings. The fourth-order valence-corrected chi connectivity index (χ4v) is 3.51. The number of benzene rings is 1. The van der Waals surface area contributed by atoms with Crippen molar-refractivity contribution in [1.29, 1.82) is 0 Å². The van der Waals surface area contributed by atoms with Gasteiger partial charge in [-0.2, -0.15) is 0 Å². The Morgan fingerprint density at radius 3 is 2.31 bits per heavy atom. The highest BCUT2D eigenvalue weighted by molar-refractivity contribution is 7.18. The van der Waals surface area contributed by atoms with Gasteiger partial charge in [0.05, 0.1) is 9.88 Å². The molecule has 0 aliphatic heterocycles. The fourth-order valence-electron chi connectivity index (χ4n) is 2.55. The van der Waals surface area contributed by atoms with Gasteiger partial charge >= 0.3 is 0 Å². The van der Waals surface area contributed by atoms with Crippen molar-refractivity contribution in [3.63, 3.8) is 0 Å². The van der Waals surface area contributed by atoms with Crippen molar-refractivity contribution in [3.05, 3.63) is 58.7 Å². The summed E-state index contributed by atoms with van der Waals surface area (Å²) in [6.07, 6.45) is 1.73. The van der Waals surface area contributed by atoms with Gasteiger partial charge in [0, 0.05) is 28.6 Å². The molecule has 29 heavy (non-hydrogen) atoms. The maximum atomic E-state index is 12.7. The lowest BCUT2D eigenvalue weighted by Crippen LogP contribution is -2.27. The van der Waals surface area contributed by atoms with Gasteiger partial charge in [0.15, 0.2) is 5.82 Å². The van der Waals surface area contributed by atoms with E-state index in [2.05, 4.69) is 20.6 Å². The molecule has 1 aromatic carbocycles. The fraction of sp³-hybridized carbons (Fsp3) is 0.273. The maximum absolute atomic E-state index is 12.7. The van der Waals surface area contributed by atoms with Gasteiger partial charge in [-0.3, -0.25) is 9.59 Å². The van der Waals surface area contributed by atoms with E-state index in [1.165, 1.54) is 11.3 Å². The molecule has 0 aliphatic rings. The third kappa shape index (κ3) is 5.06. The van der Waals surface area contributed by atoms with Crippen molar-refractivity contribution in [1.82, 2.24) is 9.97 Å². The monoisotopic (exact) mass is 408 g/mol. The first-order valence-electron chi connectivity index (χ1n) is 9.27. The summed E-state index contributed by atoms with van der Waals surface area (Å²) in [5.74, 6) is 0.360. The number of rotatable bonds is 4. The van der Waals surface area contributed by atoms with Crippen LogP contribution in [0.5, 0.6) is 0 Å². The zero-order chi connectivity index (χ0) is 21.2. The zero-order valence-electron chi connectivity index (χ0n) is 17.2. The SMILES string of the molecule is Cc1ccnc(-c2ccc(NC(=O)c3sc(NC(=O)C(C)(C)C)cc3C)cc2)n1. The number of thiophene rings is 1. The van der Waals surface area contributed by atoms with Gasteiger partial charge in [0.1, 0.15) is 0 Å². The van der Waals surface area contributed by atoms with Gasteiger partial charge in [-0.15, -0.1) is 11.3 Å². The number of aromatic nitrogens is 2. The molecule has 0 atom stereocenters. The van der Waals surface area contributed by atoms with Crippen LogP contribution >= 0.6 is 11.3 Å². The molecular weight excluding hydrogens is 384 g/mol. The predicted octanol–water partition coefficient (Wildman–Crippen LogP) is 5.06. The Morgan fingerprint density at radius 2 is 1.69 bits per heavy atom. The molecule has 0 radical (unpaired) electrons. The number of nitrogens with one attached hydrogen (secondary N) is 2. The van der Waals surface area contributed by atoms with E-state index >= 15 is 0 Å². The second-order valence-electron chi connectivity index (χ2n) is 7.88. The molecule has 0 fully saturated rings. The number of amides is 2. The number of aryl methyl sites for hydroxylation is 2. The average molecular weight is 409 g/mol. The Kier molecular flexibility index (Phi) is 5.79. The highest BCUT2D eigenvalue weighted by Crippen LogP contribution is 2.29. The first-order valence-corrected chi connectivity index (χ1v) is 10.1. The summed E-state index contributed by atoms with van der Waals surface area (Å²) in [6.45, 7) is 9.32. The van der Waals surface area contributed by atoms with Crippen LogP contribution in [0, 0.1) is 19.3 Å². The Hall–Kier alpha value is -3.06. The van der Waals surface area contributed by atoms with E-state index in [1.54, 1.807) is 6.20 Å². The topological polar surface area (TPSA) is 84.0 Å². The smallest absolute Gasteiger partial charge is 0.266 e. The minimum absolute atomic E-state index is 0.0836. The van der Waals surface area contributed by atoms with Crippen molar-refractivity contribution >= 4 is 33.8 Å². The Morgan fingerprint density at radius 1 is 1.00 bits per heavy atom. The van der Waals surface area contributed by atoms with Crippen LogP contribution in [-0.2, 0) is 4.79 Å². The minimum atomic E-state index is -0.497. The highest BCUT2D eigenvalue weighted by atomic mass is 32.1. The standard InChI is InChI=1S/C22H24N4O2S/c1-13-12-17(26-21(28)22(3,4)5)29-18(13)20(27)25-16-8-6-15(7-9-16)19-23-11-10-14(2)24-19/h6-12H,1-5H3,(H,25,27)(H,26,28). The Balaban J connectivity index is 1.71. The first-order chi connectivity index (χ1) is 13.6. The maximum Gasteiger partial charge on any atom is 0.266 e. The quantitative estimate of drug-likeness (QED) is 0.632. The second kappa shape index (κ2) is 8.13. The van der Waals surface area contributed by atoms with Gasteiger partial charge < -0.3 is 10.6 Å². The van der Waals surface area contributed by atoms with Crippen LogP contribution < -0.4 is 10.6 Å². The molecule has 7 heteroatoms. The molecule has 0 saturated carbocycles. The van der Waals surface area contributed by atoms with E-state index in [0.29, 0.717) is 21.4 Å². The third-order valence-electron chi connectivity index (χ3n) is 4.24. The lowest BCUT2D eigenvalue weighted by atomic mass is 9.96. The molecule has 0 spiro atoms. The number of carbonyl (C=O) groups is 2. The molecule has 2 heterocycles. The van der Waals surface area contributed by atoms with Crippen molar-refractivity contribution in [2.24, 2.45) is 5.41 Å². The van der Waals surface area contributed by atoms with Gasteiger partial charge in [-0.1, -0.05) is 20.8 Å². The minimum Gasteiger partial charge on any atom is -0.321 e. The van der Waals surface area contributed by atoms with E-state index in [9.17, 15) is 9.59 Å². The largest absolute Gasteiger partial charge is 0.321 e. The molecule has 0 saturated heterocycles. The summed E-state index contributed by atoms with van der Waals surface area (Å²) in [5, 5.41) is 6.45. The molecule has 2 aromatic heterocycles. The molecule has 3 rings (SSSR count). The summed E-state index contributed by atoms with van der Waals surface area (Å²) < 4.78 is 0. The van der Waals surface area contributed by atoms with Crippen LogP contribution in [-0.4, -0.2) is 21.8 Å². The number of hydrogen-bond acceptors (Lipinski definition) is 5. The van der Waals surface area contributed by atoms with Gasteiger partial charge in [0.25, 0.3) is 5.91 Å². The summed E-state index contributed by atoms with van der Waals surface area (Å²) in [6, 6.07) is 11.1. The lowest BCUT2D eigenvalue weighted by molar-refractivity contribution is -0.123. The molecule has 0 bridgehead atoms. The molecule has 2 N–H and O–H groups in total. The summed E-state index contributed by atoms with van der Waals surface area (Å²) >= 11 is 1.27. The van der Waals surface area contributed by atoms with E-state index < -0.39 is 5.41 Å². The van der Waals surface area contributed by atoms with Crippen molar-refractivity contribution in [3.8, 4) is 11.4 Å². The third-order valence-corrected chi connectivity index (χ3v) is 5.39. The van der Waals surface area contributed by atoms with Crippen LogP contribution in [0.15, 0.2) is 42.6 Å². The van der Waals surface area contributed by atoms with E-state index in [4.69, 9.17) is 0 Å². The number of carbonyl (C=O) groups excluding carboxylic acids is 2. The molecular formula is C22H24N4O2S. The Bertz CT molecular complexity index is 1050. The predicted molar refractivity (Wildman–Crippen MR) is 117 cm³/mol. The second-order valence-corrected chi connectivity index (χ2v) is 8.93. The zero-order valence-corrected chi connectivity index (χ0v) is 18.0. The molecule has 0 unspecified atom stereocenters. The van der Waals surface area contributed by atoms with Crippen LogP contribution in [0.3, 0.4) is 0 Å². The average Bonchev–Trinajstić information content (AvgIpc) is 3.02. The molecule has 6 nitrogen and oxygen atoms in total. The van der Waals surface area contributed by atoms with Gasteiger partial charge in [0.2, 0.25) is 5.91 Å². The first kappa shape index (κ1) is 20.7. The van der Waals surface area contributed by atoms with Gasteiger partial charge in [-0.05, 0) is 55.8 Å². The van der Waals surface area contributed by atoms with Crippen LogP contribution in [0.1, 0.15) is 41.7 Å². The van der Waals surface area contributed by atoms with E-state index in [-0.39, 0.29) is 11.8 Å². The summed E-state index contributed by atoms with van der Waals surface area (Å²) in [5.41, 5.74) is 2.78. The van der Waals surface area contributed by atoms with Crippen molar-refractivity contribution in [2.75, 3.05) is 10.6 Å². The van der Waals surface area contributed by atoms with E-state index in [0.717, 1.165) is 16.8 Å². The number of hydrogen-bond donors (Lipinski definition) is 2. The molecule has 2 amide bonds. The van der Waals surface area contributed by atoms with Crippen LogP contribution in [0.25, 0.3) is 11.4 Å². The van der Waals surface area contributed by atoms with Crippen LogP contribution in [0.4, 0.5) is 10.7 Å². The number of anilines is 2. The molecule has 150 valence electrons.